The van der Waals surface area contributed by atoms with Crippen LogP contribution in [0, 0.1) is 17.5 Å². The van der Waals surface area contributed by atoms with Gasteiger partial charge in [-0.25, -0.2) is 22.0 Å². The van der Waals surface area contributed by atoms with Crippen LogP contribution in [-0.2, 0) is 7.05 Å². The number of anilines is 1. The Morgan fingerprint density at radius 2 is 1.71 bits per heavy atom. The minimum atomic E-state index is -3.07. The van der Waals surface area contributed by atoms with E-state index >= 15 is 0 Å². The van der Waals surface area contributed by atoms with Crippen molar-refractivity contribution in [3.8, 4) is 11.1 Å². The molecular formula is C18H11ClF5N3O. The van der Waals surface area contributed by atoms with Crippen molar-refractivity contribution < 1.29 is 26.7 Å². The van der Waals surface area contributed by atoms with Gasteiger partial charge in [0.25, 0.3) is 12.3 Å². The molecule has 0 spiro atoms. The normalized spacial score (nSPS) is 11.1. The first kappa shape index (κ1) is 19.8. The van der Waals surface area contributed by atoms with Gasteiger partial charge in [-0.2, -0.15) is 5.10 Å². The molecule has 1 heterocycles. The number of nitrogens with one attached hydrogen (secondary N) is 1. The first-order valence-corrected chi connectivity index (χ1v) is 8.13. The van der Waals surface area contributed by atoms with Gasteiger partial charge in [-0.3, -0.25) is 9.48 Å². The maximum absolute atomic E-state index is 14.1. The number of alkyl halides is 2. The van der Waals surface area contributed by atoms with E-state index in [4.69, 9.17) is 11.6 Å². The lowest BCUT2D eigenvalue weighted by molar-refractivity contribution is 0.101. The third-order valence-corrected chi connectivity index (χ3v) is 4.32. The van der Waals surface area contributed by atoms with Crippen LogP contribution in [0.1, 0.15) is 22.5 Å². The lowest BCUT2D eigenvalue weighted by Crippen LogP contribution is -2.15. The van der Waals surface area contributed by atoms with Crippen molar-refractivity contribution in [2.45, 2.75) is 6.43 Å². The highest BCUT2D eigenvalue weighted by molar-refractivity contribution is 6.33. The molecule has 0 bridgehead atoms. The molecule has 28 heavy (non-hydrogen) atoms. The van der Waals surface area contributed by atoms with Crippen LogP contribution in [0.15, 0.2) is 36.4 Å². The molecule has 1 aromatic heterocycles. The molecule has 0 unspecified atom stereocenters. The summed E-state index contributed by atoms with van der Waals surface area (Å²) in [5, 5.41) is 5.48. The molecule has 0 radical (unpaired) electrons. The monoisotopic (exact) mass is 415 g/mol. The van der Waals surface area contributed by atoms with Crippen LogP contribution in [0.4, 0.5) is 27.6 Å². The Balaban J connectivity index is 2.06. The van der Waals surface area contributed by atoms with Gasteiger partial charge in [0.1, 0.15) is 33.9 Å². The summed E-state index contributed by atoms with van der Waals surface area (Å²) in [4.78, 5) is 12.6. The lowest BCUT2D eigenvalue weighted by Gasteiger charge is -2.13. The average Bonchev–Trinajstić information content (AvgIpc) is 2.92. The number of amides is 1. The Labute approximate surface area is 160 Å². The van der Waals surface area contributed by atoms with Crippen LogP contribution >= 0.6 is 11.6 Å². The molecule has 1 amide bonds. The molecule has 3 rings (SSSR count). The van der Waals surface area contributed by atoms with Crippen LogP contribution in [0.5, 0.6) is 0 Å². The number of halogens is 6. The van der Waals surface area contributed by atoms with E-state index < -0.39 is 41.0 Å². The number of carbonyl (C=O) groups excluding carboxylic acids is 1. The molecular weight excluding hydrogens is 405 g/mol. The number of hydrogen-bond donors (Lipinski definition) is 1. The molecule has 4 nitrogen and oxygen atoms in total. The number of hydrogen-bond acceptors (Lipinski definition) is 2. The fourth-order valence-electron chi connectivity index (χ4n) is 2.63. The smallest absolute Gasteiger partial charge is 0.283 e. The van der Waals surface area contributed by atoms with Crippen molar-refractivity contribution in [1.29, 1.82) is 0 Å². The van der Waals surface area contributed by atoms with Crippen molar-refractivity contribution in [1.82, 2.24) is 9.78 Å². The van der Waals surface area contributed by atoms with Gasteiger partial charge in [-0.05, 0) is 30.3 Å². The molecule has 3 aromatic rings. The second kappa shape index (κ2) is 7.59. The Bertz CT molecular complexity index is 1070. The first-order valence-electron chi connectivity index (χ1n) is 7.76. The van der Waals surface area contributed by atoms with Gasteiger partial charge in [0.15, 0.2) is 0 Å². The van der Waals surface area contributed by atoms with Crippen LogP contribution < -0.4 is 5.32 Å². The van der Waals surface area contributed by atoms with Gasteiger partial charge in [0, 0.05) is 29.9 Å². The second-order valence-corrected chi connectivity index (χ2v) is 6.10. The van der Waals surface area contributed by atoms with Crippen LogP contribution in [-0.4, -0.2) is 15.7 Å². The van der Waals surface area contributed by atoms with Crippen LogP contribution in [0.2, 0.25) is 5.15 Å². The molecule has 2 aromatic carbocycles. The van der Waals surface area contributed by atoms with Crippen LogP contribution in [0.25, 0.3) is 11.1 Å². The molecule has 0 aliphatic heterocycles. The summed E-state index contributed by atoms with van der Waals surface area (Å²) in [5.74, 6) is -3.62. The summed E-state index contributed by atoms with van der Waals surface area (Å²) < 4.78 is 68.2. The third kappa shape index (κ3) is 3.70. The maximum Gasteiger partial charge on any atom is 0.283 e. The Kier molecular flexibility index (Phi) is 5.37. The molecule has 1 N–H and O–H groups in total. The van der Waals surface area contributed by atoms with E-state index in [-0.39, 0.29) is 22.0 Å². The van der Waals surface area contributed by atoms with Crippen LogP contribution in [0.3, 0.4) is 0 Å². The van der Waals surface area contributed by atoms with Crippen molar-refractivity contribution in [3.05, 3.63) is 70.3 Å². The van der Waals surface area contributed by atoms with E-state index in [9.17, 15) is 26.7 Å². The summed E-state index contributed by atoms with van der Waals surface area (Å²) in [7, 11) is 1.28. The van der Waals surface area contributed by atoms with E-state index in [0.29, 0.717) is 6.07 Å². The van der Waals surface area contributed by atoms with Crippen molar-refractivity contribution in [3.63, 3.8) is 0 Å². The molecule has 0 aliphatic rings. The number of aromatic nitrogens is 2. The van der Waals surface area contributed by atoms with E-state index in [1.807, 2.05) is 0 Å². The highest BCUT2D eigenvalue weighted by Crippen LogP contribution is 2.33. The molecule has 146 valence electrons. The summed E-state index contributed by atoms with van der Waals surface area (Å²) in [6, 6.07) is 5.65. The van der Waals surface area contributed by atoms with Gasteiger partial charge in [-0.1, -0.05) is 11.6 Å². The summed E-state index contributed by atoms with van der Waals surface area (Å²) in [6.45, 7) is 0. The maximum atomic E-state index is 14.1. The van der Waals surface area contributed by atoms with E-state index in [2.05, 4.69) is 10.4 Å². The minimum Gasteiger partial charge on any atom is -0.321 e. The molecule has 0 fully saturated rings. The van der Waals surface area contributed by atoms with E-state index in [0.717, 1.165) is 35.0 Å². The molecule has 0 aliphatic carbocycles. The summed E-state index contributed by atoms with van der Waals surface area (Å²) >= 11 is 5.89. The Morgan fingerprint density at radius 3 is 2.36 bits per heavy atom. The number of rotatable bonds is 4. The first-order chi connectivity index (χ1) is 13.2. The summed E-state index contributed by atoms with van der Waals surface area (Å²) in [5.41, 5.74) is -1.78. The number of carbonyl (C=O) groups is 1. The number of benzene rings is 2. The molecule has 0 saturated heterocycles. The predicted molar refractivity (Wildman–Crippen MR) is 92.9 cm³/mol. The van der Waals surface area contributed by atoms with Gasteiger partial charge >= 0.3 is 0 Å². The SMILES string of the molecule is Cn1nc(C(F)F)c(C(=O)Nc2ccc(F)cc2-c2ccc(F)cc2F)c1Cl. The highest BCUT2D eigenvalue weighted by atomic mass is 35.5. The van der Waals surface area contributed by atoms with Gasteiger partial charge in [0.2, 0.25) is 0 Å². The Hall–Kier alpha value is -2.94. The molecule has 10 heteroatoms. The fraction of sp³-hybridized carbons (Fsp3) is 0.111. The molecule has 0 atom stereocenters. The van der Waals surface area contributed by atoms with Crippen molar-refractivity contribution in [2.24, 2.45) is 7.05 Å². The quantitative estimate of drug-likeness (QED) is 0.584. The van der Waals surface area contributed by atoms with Crippen molar-refractivity contribution in [2.75, 3.05) is 5.32 Å². The van der Waals surface area contributed by atoms with Gasteiger partial charge in [-0.15, -0.1) is 0 Å². The number of nitrogens with zero attached hydrogens (tertiary/aromatic N) is 2. The van der Waals surface area contributed by atoms with Crippen molar-refractivity contribution >= 4 is 23.2 Å². The average molecular weight is 416 g/mol. The number of aryl methyl sites for hydroxylation is 1. The van der Waals surface area contributed by atoms with E-state index in [1.165, 1.54) is 7.05 Å². The lowest BCUT2D eigenvalue weighted by atomic mass is 10.0. The topological polar surface area (TPSA) is 46.9 Å². The van der Waals surface area contributed by atoms with Gasteiger partial charge in [0.05, 0.1) is 0 Å². The summed E-state index contributed by atoms with van der Waals surface area (Å²) in [6.07, 6.45) is -3.07. The molecule has 0 saturated carbocycles. The second-order valence-electron chi connectivity index (χ2n) is 5.74. The third-order valence-electron chi connectivity index (χ3n) is 3.89. The predicted octanol–water partition coefficient (Wildman–Crippen LogP) is 5.35. The zero-order valence-corrected chi connectivity index (χ0v) is 14.9. The highest BCUT2D eigenvalue weighted by Gasteiger charge is 2.28. The zero-order valence-electron chi connectivity index (χ0n) is 14.1. The van der Waals surface area contributed by atoms with Gasteiger partial charge < -0.3 is 5.32 Å². The zero-order chi connectivity index (χ0) is 20.6. The fourth-order valence-corrected chi connectivity index (χ4v) is 2.85. The Morgan fingerprint density at radius 1 is 1.07 bits per heavy atom. The minimum absolute atomic E-state index is 0.0861. The standard InChI is InChI=1S/C18H11ClF5N3O/c1-27-16(19)14(15(26-27)17(23)24)18(28)25-13-5-3-8(20)6-11(13)10-4-2-9(21)7-12(10)22/h2-7,17H,1H3,(H,25,28). The van der Waals surface area contributed by atoms with E-state index in [1.54, 1.807) is 0 Å². The largest absolute Gasteiger partial charge is 0.321 e.